The van der Waals surface area contributed by atoms with Gasteiger partial charge in [-0.25, -0.2) is 4.79 Å². The van der Waals surface area contributed by atoms with Gasteiger partial charge in [0.2, 0.25) is 0 Å². The number of anilines is 1. The van der Waals surface area contributed by atoms with Gasteiger partial charge in [-0.2, -0.15) is 0 Å². The van der Waals surface area contributed by atoms with E-state index in [9.17, 15) is 9.90 Å². The number of carboxylic acid groups (broad SMARTS) is 1. The standard InChI is InChI=1S/C15H14BrNO3/c1-20-13-4-2-3-12(9-13)17-14(15(18)19)10-5-7-11(16)8-6-10/h2-9,14,17H,1H3,(H,18,19). The highest BCUT2D eigenvalue weighted by molar-refractivity contribution is 9.10. The molecule has 2 aromatic carbocycles. The Morgan fingerprint density at radius 3 is 2.55 bits per heavy atom. The third kappa shape index (κ3) is 3.51. The molecule has 0 aliphatic rings. The zero-order valence-electron chi connectivity index (χ0n) is 10.8. The highest BCUT2D eigenvalue weighted by Gasteiger charge is 2.19. The van der Waals surface area contributed by atoms with Crippen molar-refractivity contribution in [1.29, 1.82) is 0 Å². The van der Waals surface area contributed by atoms with E-state index in [0.29, 0.717) is 17.0 Å². The van der Waals surface area contributed by atoms with E-state index in [1.807, 2.05) is 18.2 Å². The fraction of sp³-hybridized carbons (Fsp3) is 0.133. The molecule has 104 valence electrons. The van der Waals surface area contributed by atoms with Crippen LogP contribution >= 0.6 is 15.9 Å². The molecule has 2 N–H and O–H groups in total. The lowest BCUT2D eigenvalue weighted by molar-refractivity contribution is -0.138. The fourth-order valence-corrected chi connectivity index (χ4v) is 2.09. The van der Waals surface area contributed by atoms with Crippen molar-refractivity contribution in [3.05, 3.63) is 58.6 Å². The molecule has 0 fully saturated rings. The smallest absolute Gasteiger partial charge is 0.330 e. The van der Waals surface area contributed by atoms with Gasteiger partial charge in [-0.05, 0) is 29.8 Å². The lowest BCUT2D eigenvalue weighted by Gasteiger charge is -2.16. The van der Waals surface area contributed by atoms with Crippen molar-refractivity contribution in [1.82, 2.24) is 0 Å². The number of carboxylic acids is 1. The average molecular weight is 336 g/mol. The molecular formula is C15H14BrNO3. The van der Waals surface area contributed by atoms with Gasteiger partial charge >= 0.3 is 5.97 Å². The van der Waals surface area contributed by atoms with Crippen molar-refractivity contribution < 1.29 is 14.6 Å². The number of halogens is 1. The molecule has 2 aromatic rings. The Balaban J connectivity index is 2.25. The van der Waals surface area contributed by atoms with Crippen LogP contribution in [0.25, 0.3) is 0 Å². The minimum Gasteiger partial charge on any atom is -0.497 e. The second-order valence-electron chi connectivity index (χ2n) is 4.20. The quantitative estimate of drug-likeness (QED) is 0.874. The molecule has 0 aliphatic carbocycles. The first kappa shape index (κ1) is 14.4. The SMILES string of the molecule is COc1cccc(NC(C(=O)O)c2ccc(Br)cc2)c1. The van der Waals surface area contributed by atoms with Gasteiger partial charge in [-0.15, -0.1) is 0 Å². The zero-order valence-corrected chi connectivity index (χ0v) is 12.4. The van der Waals surface area contributed by atoms with Crippen LogP contribution in [0.5, 0.6) is 5.75 Å². The largest absolute Gasteiger partial charge is 0.497 e. The van der Waals surface area contributed by atoms with Gasteiger partial charge in [0.1, 0.15) is 5.75 Å². The molecule has 0 saturated heterocycles. The van der Waals surface area contributed by atoms with Crippen molar-refractivity contribution in [2.75, 3.05) is 12.4 Å². The number of nitrogens with one attached hydrogen (secondary N) is 1. The van der Waals surface area contributed by atoms with Crippen molar-refractivity contribution in [2.45, 2.75) is 6.04 Å². The molecule has 1 unspecified atom stereocenters. The summed E-state index contributed by atoms with van der Waals surface area (Å²) >= 11 is 3.33. The summed E-state index contributed by atoms with van der Waals surface area (Å²) in [7, 11) is 1.57. The molecule has 0 spiro atoms. The molecule has 0 bridgehead atoms. The number of ether oxygens (including phenoxy) is 1. The summed E-state index contributed by atoms with van der Waals surface area (Å²) in [5.41, 5.74) is 1.38. The Bertz CT molecular complexity index is 598. The van der Waals surface area contributed by atoms with Gasteiger partial charge in [0.05, 0.1) is 7.11 Å². The Morgan fingerprint density at radius 2 is 1.95 bits per heavy atom. The summed E-state index contributed by atoms with van der Waals surface area (Å²) < 4.78 is 6.03. The van der Waals surface area contributed by atoms with Crippen LogP contribution in [0.15, 0.2) is 53.0 Å². The second kappa shape index (κ2) is 6.43. The molecule has 0 saturated carbocycles. The summed E-state index contributed by atoms with van der Waals surface area (Å²) in [5, 5.41) is 12.4. The van der Waals surface area contributed by atoms with Crippen LogP contribution in [-0.4, -0.2) is 18.2 Å². The average Bonchev–Trinajstić information content (AvgIpc) is 2.46. The van der Waals surface area contributed by atoms with Crippen LogP contribution in [0.2, 0.25) is 0 Å². The van der Waals surface area contributed by atoms with Crippen LogP contribution in [0.3, 0.4) is 0 Å². The van der Waals surface area contributed by atoms with Crippen molar-refractivity contribution in [3.8, 4) is 5.75 Å². The second-order valence-corrected chi connectivity index (χ2v) is 5.11. The summed E-state index contributed by atoms with van der Waals surface area (Å²) in [4.78, 5) is 11.4. The molecule has 20 heavy (non-hydrogen) atoms. The maximum atomic E-state index is 11.4. The van der Waals surface area contributed by atoms with Gasteiger partial charge in [0.25, 0.3) is 0 Å². The van der Waals surface area contributed by atoms with E-state index in [1.165, 1.54) is 0 Å². The van der Waals surface area contributed by atoms with Gasteiger partial charge in [-0.1, -0.05) is 34.1 Å². The van der Waals surface area contributed by atoms with E-state index in [1.54, 1.807) is 37.4 Å². The van der Waals surface area contributed by atoms with Crippen LogP contribution < -0.4 is 10.1 Å². The summed E-state index contributed by atoms with van der Waals surface area (Å²) in [6.07, 6.45) is 0. The van der Waals surface area contributed by atoms with Crippen molar-refractivity contribution in [3.63, 3.8) is 0 Å². The van der Waals surface area contributed by atoms with Gasteiger partial charge in [0, 0.05) is 16.2 Å². The fourth-order valence-electron chi connectivity index (χ4n) is 1.82. The number of carbonyl (C=O) groups is 1. The number of benzene rings is 2. The lowest BCUT2D eigenvalue weighted by atomic mass is 10.1. The van der Waals surface area contributed by atoms with Gasteiger partial charge < -0.3 is 15.2 Å². The molecule has 0 amide bonds. The van der Waals surface area contributed by atoms with Crippen molar-refractivity contribution in [2.24, 2.45) is 0 Å². The number of methoxy groups -OCH3 is 1. The third-order valence-corrected chi connectivity index (χ3v) is 3.36. The minimum absolute atomic E-state index is 0.676. The van der Waals surface area contributed by atoms with Crippen LogP contribution in [0.4, 0.5) is 5.69 Å². The molecule has 5 heteroatoms. The normalized spacial score (nSPS) is 11.7. The molecular weight excluding hydrogens is 322 g/mol. The Labute approximate surface area is 125 Å². The molecule has 4 nitrogen and oxygen atoms in total. The number of aliphatic carboxylic acids is 1. The highest BCUT2D eigenvalue weighted by Crippen LogP contribution is 2.24. The number of hydrogen-bond acceptors (Lipinski definition) is 3. The van der Waals surface area contributed by atoms with E-state index in [2.05, 4.69) is 21.2 Å². The maximum Gasteiger partial charge on any atom is 0.330 e. The molecule has 0 heterocycles. The number of hydrogen-bond donors (Lipinski definition) is 2. The van der Waals surface area contributed by atoms with E-state index in [-0.39, 0.29) is 0 Å². The van der Waals surface area contributed by atoms with Crippen LogP contribution in [0, 0.1) is 0 Å². The predicted octanol–water partition coefficient (Wildman–Crippen LogP) is 3.70. The zero-order chi connectivity index (χ0) is 14.5. The van der Waals surface area contributed by atoms with Crippen LogP contribution in [-0.2, 0) is 4.79 Å². The van der Waals surface area contributed by atoms with E-state index < -0.39 is 12.0 Å². The maximum absolute atomic E-state index is 11.4. The minimum atomic E-state index is -0.935. The first-order valence-electron chi connectivity index (χ1n) is 5.99. The summed E-state index contributed by atoms with van der Waals surface area (Å²) in [6.45, 7) is 0. The monoisotopic (exact) mass is 335 g/mol. The van der Waals surface area contributed by atoms with E-state index in [0.717, 1.165) is 4.47 Å². The first-order valence-corrected chi connectivity index (χ1v) is 6.78. The molecule has 1 atom stereocenters. The Kier molecular flexibility index (Phi) is 4.63. The van der Waals surface area contributed by atoms with Gasteiger partial charge in [0.15, 0.2) is 6.04 Å². The summed E-state index contributed by atoms with van der Waals surface area (Å²) in [6, 6.07) is 13.5. The topological polar surface area (TPSA) is 58.6 Å². The lowest BCUT2D eigenvalue weighted by Crippen LogP contribution is -2.20. The van der Waals surface area contributed by atoms with E-state index in [4.69, 9.17) is 4.74 Å². The highest BCUT2D eigenvalue weighted by atomic mass is 79.9. The van der Waals surface area contributed by atoms with Crippen molar-refractivity contribution >= 4 is 27.6 Å². The van der Waals surface area contributed by atoms with Gasteiger partial charge in [-0.3, -0.25) is 0 Å². The van der Waals surface area contributed by atoms with E-state index >= 15 is 0 Å². The summed E-state index contributed by atoms with van der Waals surface area (Å²) in [5.74, 6) is -0.259. The van der Waals surface area contributed by atoms with Crippen LogP contribution in [0.1, 0.15) is 11.6 Å². The predicted molar refractivity (Wildman–Crippen MR) is 81.1 cm³/mol. The number of rotatable bonds is 5. The Hall–Kier alpha value is -2.01. The third-order valence-electron chi connectivity index (χ3n) is 2.83. The Morgan fingerprint density at radius 1 is 1.25 bits per heavy atom. The molecule has 2 rings (SSSR count). The first-order chi connectivity index (χ1) is 9.60. The molecule has 0 radical (unpaired) electrons. The molecule has 0 aliphatic heterocycles. The molecule has 0 aromatic heterocycles.